The monoisotopic (exact) mass is 436 g/mol. The van der Waals surface area contributed by atoms with Crippen molar-refractivity contribution in [1.82, 2.24) is 9.62 Å². The molecule has 0 saturated heterocycles. The van der Waals surface area contributed by atoms with Gasteiger partial charge in [0.05, 0.1) is 24.6 Å². The lowest BCUT2D eigenvalue weighted by Gasteiger charge is -2.21. The van der Waals surface area contributed by atoms with Crippen LogP contribution in [0.25, 0.3) is 0 Å². The highest BCUT2D eigenvalue weighted by Crippen LogP contribution is 2.24. The van der Waals surface area contributed by atoms with Gasteiger partial charge in [0.2, 0.25) is 15.9 Å². The number of carbonyl (C=O) groups excluding carboxylic acids is 1. The molecule has 0 spiro atoms. The molecular formula is C21H28N2O4S2. The average molecular weight is 437 g/mol. The number of amides is 1. The molecule has 0 bridgehead atoms. The van der Waals surface area contributed by atoms with E-state index >= 15 is 0 Å². The van der Waals surface area contributed by atoms with E-state index in [9.17, 15) is 13.2 Å². The Labute approximate surface area is 177 Å². The Bertz CT molecular complexity index is 944. The van der Waals surface area contributed by atoms with Crippen molar-refractivity contribution >= 4 is 27.7 Å². The summed E-state index contributed by atoms with van der Waals surface area (Å²) < 4.78 is 31.8. The Balaban J connectivity index is 2.08. The number of likely N-dealkylation sites (N-methyl/N-ethyl adjacent to an activating group) is 1. The lowest BCUT2D eigenvalue weighted by molar-refractivity contribution is -0.121. The van der Waals surface area contributed by atoms with E-state index < -0.39 is 10.0 Å². The van der Waals surface area contributed by atoms with Crippen molar-refractivity contribution in [3.05, 3.63) is 53.6 Å². The molecule has 0 aliphatic heterocycles. The number of thioether (sulfide) groups is 1. The van der Waals surface area contributed by atoms with Crippen molar-refractivity contribution in [3.63, 3.8) is 0 Å². The molecule has 6 nitrogen and oxygen atoms in total. The normalized spacial score (nSPS) is 12.6. The summed E-state index contributed by atoms with van der Waals surface area (Å²) in [6.45, 7) is 3.66. The smallest absolute Gasteiger partial charge is 0.243 e. The molecule has 0 fully saturated rings. The third-order valence-corrected chi connectivity index (χ3v) is 7.26. The number of hydrogen-bond acceptors (Lipinski definition) is 5. The van der Waals surface area contributed by atoms with Crippen LogP contribution in [-0.4, -0.2) is 45.6 Å². The lowest BCUT2D eigenvalue weighted by Crippen LogP contribution is -2.39. The summed E-state index contributed by atoms with van der Waals surface area (Å²) in [5.41, 5.74) is 1.93. The predicted molar refractivity (Wildman–Crippen MR) is 117 cm³/mol. The van der Waals surface area contributed by atoms with Crippen molar-refractivity contribution in [2.45, 2.75) is 36.1 Å². The third-order valence-electron chi connectivity index (χ3n) is 4.70. The number of benzene rings is 2. The van der Waals surface area contributed by atoms with Gasteiger partial charge in [-0.25, -0.2) is 8.42 Å². The van der Waals surface area contributed by atoms with Gasteiger partial charge in [-0.1, -0.05) is 19.1 Å². The number of nitrogens with one attached hydrogen (secondary N) is 1. The summed E-state index contributed by atoms with van der Waals surface area (Å²) in [5.74, 6) is 0.436. The van der Waals surface area contributed by atoms with E-state index in [1.165, 1.54) is 18.8 Å². The van der Waals surface area contributed by atoms with Gasteiger partial charge in [-0.3, -0.25) is 4.79 Å². The molecule has 158 valence electrons. The molecule has 1 N–H and O–H groups in total. The van der Waals surface area contributed by atoms with E-state index in [0.29, 0.717) is 6.42 Å². The largest absolute Gasteiger partial charge is 0.496 e. The second kappa shape index (κ2) is 10.1. The first-order valence-electron chi connectivity index (χ1n) is 9.27. The molecule has 1 atom stereocenters. The fourth-order valence-corrected chi connectivity index (χ4v) is 4.53. The Morgan fingerprint density at radius 1 is 1.21 bits per heavy atom. The van der Waals surface area contributed by atoms with E-state index in [1.54, 1.807) is 31.4 Å². The SMILES string of the molecule is CC[C@@H](NC(=O)CN(C)S(=O)(=O)c1ccc(SC)cc1)c1ccc(OC)c(C)c1. The number of sulfonamides is 1. The molecule has 2 aromatic carbocycles. The highest BCUT2D eigenvalue weighted by molar-refractivity contribution is 7.98. The maximum Gasteiger partial charge on any atom is 0.243 e. The van der Waals surface area contributed by atoms with E-state index in [2.05, 4.69) is 5.32 Å². The summed E-state index contributed by atoms with van der Waals surface area (Å²) in [7, 11) is -0.706. The number of ether oxygens (including phenoxy) is 1. The van der Waals surface area contributed by atoms with Gasteiger partial charge < -0.3 is 10.1 Å². The van der Waals surface area contributed by atoms with Crippen molar-refractivity contribution in [3.8, 4) is 5.75 Å². The van der Waals surface area contributed by atoms with Crippen molar-refractivity contribution in [1.29, 1.82) is 0 Å². The van der Waals surface area contributed by atoms with Crippen LogP contribution in [0.15, 0.2) is 52.3 Å². The molecule has 0 saturated carbocycles. The van der Waals surface area contributed by atoms with Crippen molar-refractivity contribution in [2.75, 3.05) is 27.0 Å². The number of carbonyl (C=O) groups is 1. The van der Waals surface area contributed by atoms with Crippen LogP contribution in [0.4, 0.5) is 0 Å². The fraction of sp³-hybridized carbons (Fsp3) is 0.381. The summed E-state index contributed by atoms with van der Waals surface area (Å²) in [6, 6.07) is 12.2. The van der Waals surface area contributed by atoms with E-state index in [0.717, 1.165) is 26.1 Å². The standard InChI is InChI=1S/C21H28N2O4S2/c1-6-19(16-7-12-20(27-4)15(2)13-16)22-21(24)14-23(3)29(25,26)18-10-8-17(28-5)9-11-18/h7-13,19H,6,14H2,1-5H3,(H,22,24)/t19-/m1/s1. The van der Waals surface area contributed by atoms with Gasteiger partial charge in [-0.15, -0.1) is 11.8 Å². The van der Waals surface area contributed by atoms with Crippen LogP contribution in [0.2, 0.25) is 0 Å². The topological polar surface area (TPSA) is 75.7 Å². The maximum absolute atomic E-state index is 12.7. The third kappa shape index (κ3) is 5.74. The van der Waals surface area contributed by atoms with Crippen LogP contribution in [0.1, 0.15) is 30.5 Å². The minimum Gasteiger partial charge on any atom is -0.496 e. The van der Waals surface area contributed by atoms with Gasteiger partial charge >= 0.3 is 0 Å². The molecule has 0 aliphatic rings. The first-order chi connectivity index (χ1) is 13.7. The number of hydrogen-bond donors (Lipinski definition) is 1. The van der Waals surface area contributed by atoms with Gasteiger partial charge in [0.15, 0.2) is 0 Å². The second-order valence-electron chi connectivity index (χ2n) is 6.69. The summed E-state index contributed by atoms with van der Waals surface area (Å²) in [6.07, 6.45) is 2.61. The molecule has 0 radical (unpaired) electrons. The molecular weight excluding hydrogens is 408 g/mol. The Hall–Kier alpha value is -2.03. The van der Waals surface area contributed by atoms with Crippen LogP contribution in [0, 0.1) is 6.92 Å². The van der Waals surface area contributed by atoms with Crippen LogP contribution in [-0.2, 0) is 14.8 Å². The Morgan fingerprint density at radius 2 is 1.86 bits per heavy atom. The highest BCUT2D eigenvalue weighted by Gasteiger charge is 2.24. The zero-order valence-corrected chi connectivity index (χ0v) is 19.1. The maximum atomic E-state index is 12.7. The molecule has 2 aromatic rings. The summed E-state index contributed by atoms with van der Waals surface area (Å²) in [5, 5.41) is 2.93. The number of nitrogens with zero attached hydrogens (tertiary/aromatic N) is 1. The van der Waals surface area contributed by atoms with Gasteiger partial charge in [-0.05, 0) is 61.1 Å². The molecule has 8 heteroatoms. The van der Waals surface area contributed by atoms with Crippen molar-refractivity contribution in [2.24, 2.45) is 0 Å². The predicted octanol–water partition coefficient (Wildman–Crippen LogP) is 3.61. The molecule has 0 unspecified atom stereocenters. The van der Waals surface area contributed by atoms with Crippen molar-refractivity contribution < 1.29 is 17.9 Å². The molecule has 2 rings (SSSR count). The highest BCUT2D eigenvalue weighted by atomic mass is 32.2. The molecule has 1 amide bonds. The van der Waals surface area contributed by atoms with E-state index in [-0.39, 0.29) is 23.4 Å². The van der Waals surface area contributed by atoms with Crippen LogP contribution in [0.3, 0.4) is 0 Å². The molecule has 0 heterocycles. The quantitative estimate of drug-likeness (QED) is 0.608. The van der Waals surface area contributed by atoms with Crippen LogP contribution >= 0.6 is 11.8 Å². The fourth-order valence-electron chi connectivity index (χ4n) is 2.99. The Kier molecular flexibility index (Phi) is 8.13. The number of aryl methyl sites for hydroxylation is 1. The van der Waals surface area contributed by atoms with Crippen LogP contribution < -0.4 is 10.1 Å². The minimum atomic E-state index is -3.74. The first kappa shape index (κ1) is 23.3. The Morgan fingerprint density at radius 3 is 2.38 bits per heavy atom. The zero-order chi connectivity index (χ0) is 21.6. The summed E-state index contributed by atoms with van der Waals surface area (Å²) >= 11 is 1.54. The molecule has 29 heavy (non-hydrogen) atoms. The summed E-state index contributed by atoms with van der Waals surface area (Å²) in [4.78, 5) is 13.7. The van der Waals surface area contributed by atoms with Crippen LogP contribution in [0.5, 0.6) is 5.75 Å². The average Bonchev–Trinajstić information content (AvgIpc) is 2.71. The number of rotatable bonds is 9. The molecule has 0 aromatic heterocycles. The first-order valence-corrected chi connectivity index (χ1v) is 11.9. The van der Waals surface area contributed by atoms with Gasteiger partial charge in [0.1, 0.15) is 5.75 Å². The van der Waals surface area contributed by atoms with E-state index in [1.807, 2.05) is 38.3 Å². The lowest BCUT2D eigenvalue weighted by atomic mass is 10.0. The van der Waals surface area contributed by atoms with Gasteiger partial charge in [-0.2, -0.15) is 4.31 Å². The molecule has 0 aliphatic carbocycles. The van der Waals surface area contributed by atoms with Gasteiger partial charge in [0, 0.05) is 11.9 Å². The van der Waals surface area contributed by atoms with Gasteiger partial charge in [0.25, 0.3) is 0 Å². The second-order valence-corrected chi connectivity index (χ2v) is 9.62. The zero-order valence-electron chi connectivity index (χ0n) is 17.4. The van der Waals surface area contributed by atoms with E-state index in [4.69, 9.17) is 4.74 Å². The number of methoxy groups -OCH3 is 1. The minimum absolute atomic E-state index is 0.170.